The summed E-state index contributed by atoms with van der Waals surface area (Å²) in [4.78, 5) is 24.3. The van der Waals surface area contributed by atoms with Crippen LogP contribution in [0, 0.1) is 16.7 Å². The van der Waals surface area contributed by atoms with E-state index < -0.39 is 34.1 Å². The Kier molecular flexibility index (Phi) is 6.75. The zero-order valence-corrected chi connectivity index (χ0v) is 22.6. The Bertz CT molecular complexity index is 1320. The molecule has 0 saturated carbocycles. The fourth-order valence-electron chi connectivity index (χ4n) is 5.87. The van der Waals surface area contributed by atoms with Gasteiger partial charge in [0.1, 0.15) is 25.4 Å². The van der Waals surface area contributed by atoms with Crippen LogP contribution in [0.3, 0.4) is 0 Å². The van der Waals surface area contributed by atoms with E-state index in [0.717, 1.165) is 0 Å². The van der Waals surface area contributed by atoms with Gasteiger partial charge in [0.25, 0.3) is 5.91 Å². The second kappa shape index (κ2) is 9.22. The first kappa shape index (κ1) is 27.8. The molecule has 2 aromatic heterocycles. The molecule has 4 rings (SSSR count). The van der Waals surface area contributed by atoms with E-state index in [9.17, 15) is 20.1 Å². The predicted octanol–water partition coefficient (Wildman–Crippen LogP) is 3.30. The molecule has 2 unspecified atom stereocenters. The quantitative estimate of drug-likeness (QED) is 0.384. The Morgan fingerprint density at radius 1 is 1.21 bits per heavy atom. The highest BCUT2D eigenvalue weighted by Crippen LogP contribution is 2.48. The Hall–Kier alpha value is -3.20. The van der Waals surface area contributed by atoms with Crippen molar-refractivity contribution in [2.75, 3.05) is 5.32 Å². The zero-order chi connectivity index (χ0) is 28.3. The summed E-state index contributed by atoms with van der Waals surface area (Å²) in [6.45, 7) is 11.4. The third-order valence-corrected chi connectivity index (χ3v) is 7.23. The monoisotopic (exact) mass is 519 g/mol. The van der Waals surface area contributed by atoms with Crippen LogP contribution in [-0.2, 0) is 4.74 Å². The lowest BCUT2D eigenvalue weighted by Gasteiger charge is -2.46. The highest BCUT2D eigenvalue weighted by Gasteiger charge is 2.50. The number of pyridine rings is 1. The van der Waals surface area contributed by atoms with Crippen LogP contribution in [0.1, 0.15) is 94.4 Å². The van der Waals surface area contributed by atoms with Gasteiger partial charge >= 0.3 is 0 Å². The normalized spacial score (nSPS) is 26.6. The number of aliphatic hydroxyl groups excluding tert-OH is 2. The molecule has 1 fully saturated rings. The number of carbonyl (C=O) groups excluding carboxylic acids is 1. The lowest BCUT2D eigenvalue weighted by molar-refractivity contribution is -0.162. The van der Waals surface area contributed by atoms with Gasteiger partial charge in [-0.2, -0.15) is 5.26 Å². The fraction of sp³-hybridized carbons (Fsp3) is 0.556. The maximum Gasteiger partial charge on any atom is 0.291 e. The van der Waals surface area contributed by atoms with Gasteiger partial charge in [-0.05, 0) is 52.7 Å². The number of aromatic nitrogens is 3. The summed E-state index contributed by atoms with van der Waals surface area (Å²) in [6, 6.07) is 5.28. The molecule has 38 heavy (non-hydrogen) atoms. The van der Waals surface area contributed by atoms with Crippen LogP contribution in [0.5, 0.6) is 0 Å². The maximum atomic E-state index is 13.0. The molecule has 2 radical (unpaired) electrons. The van der Waals surface area contributed by atoms with Gasteiger partial charge < -0.3 is 30.4 Å². The predicted molar refractivity (Wildman–Crippen MR) is 141 cm³/mol. The SMILES string of the molecule is [B]C1(O)C(c2nc(C3CC(C)(C)OC(C)(C)C3)ccc2NC(=O)c2ncc(C#N)[nH]2)=C(O)CC(C)(C)C1O. The van der Waals surface area contributed by atoms with Crippen LogP contribution in [0.4, 0.5) is 5.69 Å². The molecular formula is C27H34BN5O5. The molecule has 5 N–H and O–H groups in total. The zero-order valence-electron chi connectivity index (χ0n) is 22.6. The first-order valence-corrected chi connectivity index (χ1v) is 12.6. The molecule has 2 atom stereocenters. The summed E-state index contributed by atoms with van der Waals surface area (Å²) < 4.78 is 6.22. The second-order valence-corrected chi connectivity index (χ2v) is 12.3. The smallest absolute Gasteiger partial charge is 0.291 e. The van der Waals surface area contributed by atoms with Crippen LogP contribution in [0.15, 0.2) is 24.1 Å². The number of allylic oxidation sites excluding steroid dienone is 1. The molecule has 0 spiro atoms. The van der Waals surface area contributed by atoms with Gasteiger partial charge in [-0.25, -0.2) is 4.98 Å². The average molecular weight is 519 g/mol. The van der Waals surface area contributed by atoms with E-state index in [4.69, 9.17) is 22.8 Å². The van der Waals surface area contributed by atoms with Crippen molar-refractivity contribution in [3.05, 3.63) is 47.0 Å². The molecule has 2 aromatic rings. The number of H-pyrrole nitrogens is 1. The second-order valence-electron chi connectivity index (χ2n) is 12.3. The average Bonchev–Trinajstić information content (AvgIpc) is 3.26. The molecule has 3 heterocycles. The van der Waals surface area contributed by atoms with Crippen LogP contribution < -0.4 is 5.32 Å². The number of nitrogens with zero attached hydrogens (tertiary/aromatic N) is 3. The standard InChI is InChI=1S/C27H34BN5O5/c1-24(2)11-18(34)19(27(28,37)23(24)36)20-17(33-22(35)21-30-13-15(12-29)31-21)8-7-16(32-20)14-9-25(3,4)38-26(5,6)10-14/h7-8,13-14,23,34,36-37H,9-11H2,1-6H3,(H,30,31)(H,33,35). The minimum Gasteiger partial charge on any atom is -0.512 e. The summed E-state index contributed by atoms with van der Waals surface area (Å²) in [5.41, 5.74) is -3.30. The number of rotatable bonds is 4. The number of amides is 1. The van der Waals surface area contributed by atoms with E-state index in [1.165, 1.54) is 6.20 Å². The van der Waals surface area contributed by atoms with Crippen molar-refractivity contribution < 1.29 is 24.9 Å². The summed E-state index contributed by atoms with van der Waals surface area (Å²) >= 11 is 0. The highest BCUT2D eigenvalue weighted by atomic mass is 16.5. The van der Waals surface area contributed by atoms with Crippen LogP contribution in [0.2, 0.25) is 0 Å². The number of ether oxygens (including phenoxy) is 1. The Balaban J connectivity index is 1.84. The van der Waals surface area contributed by atoms with Crippen LogP contribution >= 0.6 is 0 Å². The van der Waals surface area contributed by atoms with Crippen molar-refractivity contribution in [1.82, 2.24) is 15.0 Å². The first-order valence-electron chi connectivity index (χ1n) is 12.6. The first-order chi connectivity index (χ1) is 17.5. The molecule has 2 aliphatic rings. The summed E-state index contributed by atoms with van der Waals surface area (Å²) in [6.07, 6.45) is 1.18. The minimum absolute atomic E-state index is 0.0286. The summed E-state index contributed by atoms with van der Waals surface area (Å²) in [7, 11) is 6.27. The lowest BCUT2D eigenvalue weighted by atomic mass is 9.58. The Labute approximate surface area is 223 Å². The minimum atomic E-state index is -2.36. The van der Waals surface area contributed by atoms with Crippen LogP contribution in [-0.4, -0.2) is 66.8 Å². The number of nitrogens with one attached hydrogen (secondary N) is 2. The lowest BCUT2D eigenvalue weighted by Crippen LogP contribution is -2.55. The van der Waals surface area contributed by atoms with Crippen molar-refractivity contribution in [1.29, 1.82) is 5.26 Å². The number of anilines is 1. The number of hydrogen-bond donors (Lipinski definition) is 5. The van der Waals surface area contributed by atoms with E-state index in [1.54, 1.807) is 26.0 Å². The number of hydrogen-bond acceptors (Lipinski definition) is 8. The van der Waals surface area contributed by atoms with E-state index in [-0.39, 0.29) is 46.6 Å². The topological polar surface area (TPSA) is 164 Å². The van der Waals surface area contributed by atoms with Gasteiger partial charge in [0.05, 0.1) is 40.4 Å². The number of nitriles is 1. The fourth-order valence-corrected chi connectivity index (χ4v) is 5.87. The molecule has 0 bridgehead atoms. The van der Waals surface area contributed by atoms with Gasteiger partial charge in [-0.3, -0.25) is 9.78 Å². The summed E-state index contributed by atoms with van der Waals surface area (Å²) in [5.74, 6) is -1.02. The number of carbonyl (C=O) groups is 1. The molecule has 11 heteroatoms. The number of aromatic amines is 1. The van der Waals surface area contributed by atoms with E-state index in [1.807, 2.05) is 33.8 Å². The number of imidazole rings is 1. The van der Waals surface area contributed by atoms with Gasteiger partial charge in [0, 0.05) is 29.0 Å². The molecule has 1 aliphatic carbocycles. The third kappa shape index (κ3) is 5.21. The Morgan fingerprint density at radius 3 is 2.42 bits per heavy atom. The van der Waals surface area contributed by atoms with Crippen molar-refractivity contribution in [3.63, 3.8) is 0 Å². The number of aliphatic hydroxyl groups is 3. The summed E-state index contributed by atoms with van der Waals surface area (Å²) in [5, 5.41) is 45.1. The van der Waals surface area contributed by atoms with Gasteiger partial charge in [0.15, 0.2) is 5.82 Å². The molecule has 10 nitrogen and oxygen atoms in total. The molecule has 0 aromatic carbocycles. The van der Waals surface area contributed by atoms with Gasteiger partial charge in [0.2, 0.25) is 0 Å². The molecule has 1 amide bonds. The molecular weight excluding hydrogens is 485 g/mol. The Morgan fingerprint density at radius 2 is 1.84 bits per heavy atom. The molecule has 1 aliphatic heterocycles. The van der Waals surface area contributed by atoms with Crippen molar-refractivity contribution in [2.24, 2.45) is 5.41 Å². The van der Waals surface area contributed by atoms with Crippen LogP contribution in [0.25, 0.3) is 5.57 Å². The van der Waals surface area contributed by atoms with E-state index in [2.05, 4.69) is 15.3 Å². The van der Waals surface area contributed by atoms with Crippen molar-refractivity contribution in [3.8, 4) is 6.07 Å². The van der Waals surface area contributed by atoms with E-state index >= 15 is 0 Å². The van der Waals surface area contributed by atoms with Gasteiger partial charge in [-0.15, -0.1) is 0 Å². The maximum absolute atomic E-state index is 13.0. The van der Waals surface area contributed by atoms with Gasteiger partial charge in [-0.1, -0.05) is 13.8 Å². The molecule has 200 valence electrons. The van der Waals surface area contributed by atoms with Crippen molar-refractivity contribution in [2.45, 2.75) is 89.5 Å². The largest absolute Gasteiger partial charge is 0.512 e. The molecule has 1 saturated heterocycles. The van der Waals surface area contributed by atoms with Crippen molar-refractivity contribution >= 4 is 25.0 Å². The van der Waals surface area contributed by atoms with E-state index in [0.29, 0.717) is 18.5 Å². The third-order valence-electron chi connectivity index (χ3n) is 7.23. The highest BCUT2D eigenvalue weighted by molar-refractivity contribution is 6.23.